The van der Waals surface area contributed by atoms with Gasteiger partial charge in [0.15, 0.2) is 0 Å². The van der Waals surface area contributed by atoms with Gasteiger partial charge in [-0.25, -0.2) is 0 Å². The van der Waals surface area contributed by atoms with Gasteiger partial charge in [0.2, 0.25) is 4.77 Å². The fraction of sp³-hybridized carbons (Fsp3) is 0.0625. The standard InChI is InChI=1S/C16H12Cl2N4OS/c17-14-2-1-3-15(18)13(14)9-23-12-6-4-11(5-7-12)8-20-22-10-19-21-16(22)24/h1-8,10H,9H2,(H,21,24)/b20-8+. The molecule has 0 fully saturated rings. The zero-order chi connectivity index (χ0) is 16.9. The van der Waals surface area contributed by atoms with E-state index in [4.69, 9.17) is 40.2 Å². The van der Waals surface area contributed by atoms with E-state index in [2.05, 4.69) is 15.3 Å². The number of benzene rings is 2. The lowest BCUT2D eigenvalue weighted by Crippen LogP contribution is -1.97. The van der Waals surface area contributed by atoms with E-state index in [-0.39, 0.29) is 0 Å². The van der Waals surface area contributed by atoms with Gasteiger partial charge in [-0.05, 0) is 54.2 Å². The molecule has 0 atom stereocenters. The first kappa shape index (κ1) is 16.7. The van der Waals surface area contributed by atoms with Crippen LogP contribution in [0.2, 0.25) is 10.0 Å². The summed E-state index contributed by atoms with van der Waals surface area (Å²) in [5.41, 5.74) is 1.67. The zero-order valence-corrected chi connectivity index (χ0v) is 14.6. The molecule has 1 N–H and O–H groups in total. The van der Waals surface area contributed by atoms with Crippen molar-refractivity contribution in [1.29, 1.82) is 0 Å². The molecule has 24 heavy (non-hydrogen) atoms. The van der Waals surface area contributed by atoms with Crippen molar-refractivity contribution in [2.75, 3.05) is 0 Å². The Labute approximate surface area is 153 Å². The third-order valence-corrected chi connectivity index (χ3v) is 4.18. The summed E-state index contributed by atoms with van der Waals surface area (Å²) in [4.78, 5) is 0. The maximum atomic E-state index is 6.12. The number of nitrogens with zero attached hydrogens (tertiary/aromatic N) is 3. The third kappa shape index (κ3) is 4.03. The lowest BCUT2D eigenvalue weighted by Gasteiger charge is -2.09. The number of nitrogens with one attached hydrogen (secondary N) is 1. The monoisotopic (exact) mass is 378 g/mol. The highest BCUT2D eigenvalue weighted by molar-refractivity contribution is 7.71. The number of halogens is 2. The van der Waals surface area contributed by atoms with Crippen LogP contribution in [0.5, 0.6) is 5.75 Å². The van der Waals surface area contributed by atoms with Gasteiger partial charge in [-0.1, -0.05) is 29.3 Å². The molecule has 1 aromatic heterocycles. The molecule has 0 saturated carbocycles. The van der Waals surface area contributed by atoms with Crippen molar-refractivity contribution >= 4 is 41.6 Å². The Morgan fingerprint density at radius 2 is 1.88 bits per heavy atom. The molecular formula is C16H12Cl2N4OS. The average Bonchev–Trinajstić information content (AvgIpc) is 2.99. The molecule has 5 nitrogen and oxygen atoms in total. The summed E-state index contributed by atoms with van der Waals surface area (Å²) in [5.74, 6) is 0.711. The fourth-order valence-corrected chi connectivity index (χ4v) is 2.58. The largest absolute Gasteiger partial charge is 0.489 e. The van der Waals surface area contributed by atoms with Gasteiger partial charge in [0.05, 0.1) is 6.21 Å². The van der Waals surface area contributed by atoms with Crippen LogP contribution in [-0.2, 0) is 6.61 Å². The van der Waals surface area contributed by atoms with E-state index in [0.717, 1.165) is 11.1 Å². The topological polar surface area (TPSA) is 55.2 Å². The number of aromatic nitrogens is 3. The highest BCUT2D eigenvalue weighted by Crippen LogP contribution is 2.25. The highest BCUT2D eigenvalue weighted by Gasteiger charge is 2.06. The number of ether oxygens (including phenoxy) is 1. The second-order valence-electron chi connectivity index (χ2n) is 4.81. The Kier molecular flexibility index (Phi) is 5.30. The van der Waals surface area contributed by atoms with Crippen LogP contribution >= 0.6 is 35.4 Å². The van der Waals surface area contributed by atoms with E-state index in [9.17, 15) is 0 Å². The van der Waals surface area contributed by atoms with Crippen LogP contribution in [0, 0.1) is 4.77 Å². The van der Waals surface area contributed by atoms with Crippen LogP contribution in [0.25, 0.3) is 0 Å². The van der Waals surface area contributed by atoms with Crippen LogP contribution in [0.15, 0.2) is 53.9 Å². The lowest BCUT2D eigenvalue weighted by molar-refractivity contribution is 0.306. The van der Waals surface area contributed by atoms with E-state index in [1.165, 1.54) is 11.0 Å². The number of rotatable bonds is 5. The average molecular weight is 379 g/mol. The Morgan fingerprint density at radius 1 is 1.17 bits per heavy atom. The first-order valence-electron chi connectivity index (χ1n) is 6.95. The van der Waals surface area contributed by atoms with Crippen molar-refractivity contribution < 1.29 is 4.74 Å². The van der Waals surface area contributed by atoms with Gasteiger partial charge < -0.3 is 4.74 Å². The maximum Gasteiger partial charge on any atom is 0.216 e. The minimum atomic E-state index is 0.302. The molecule has 2 aromatic carbocycles. The summed E-state index contributed by atoms with van der Waals surface area (Å²) in [6.07, 6.45) is 3.18. The molecule has 122 valence electrons. The summed E-state index contributed by atoms with van der Waals surface area (Å²) < 4.78 is 7.63. The van der Waals surface area contributed by atoms with Gasteiger partial charge >= 0.3 is 0 Å². The van der Waals surface area contributed by atoms with Crippen LogP contribution in [0.3, 0.4) is 0 Å². The van der Waals surface area contributed by atoms with Gasteiger partial charge in [-0.15, -0.1) is 0 Å². The van der Waals surface area contributed by atoms with E-state index in [1.54, 1.807) is 24.4 Å². The first-order valence-corrected chi connectivity index (χ1v) is 8.12. The molecule has 0 spiro atoms. The summed E-state index contributed by atoms with van der Waals surface area (Å²) in [5, 5.41) is 11.8. The Bertz CT molecular complexity index is 898. The fourth-order valence-electron chi connectivity index (χ4n) is 1.93. The van der Waals surface area contributed by atoms with Gasteiger partial charge in [-0.3, -0.25) is 5.10 Å². The smallest absolute Gasteiger partial charge is 0.216 e. The summed E-state index contributed by atoms with van der Waals surface area (Å²) in [6.45, 7) is 0.302. The summed E-state index contributed by atoms with van der Waals surface area (Å²) in [6, 6.07) is 12.8. The van der Waals surface area contributed by atoms with Crippen molar-refractivity contribution in [3.63, 3.8) is 0 Å². The van der Waals surface area contributed by atoms with E-state index in [1.807, 2.05) is 24.3 Å². The van der Waals surface area contributed by atoms with Gasteiger partial charge in [0.25, 0.3) is 0 Å². The molecule has 0 radical (unpaired) electrons. The molecule has 3 rings (SSSR count). The first-order chi connectivity index (χ1) is 11.6. The Morgan fingerprint density at radius 3 is 2.50 bits per heavy atom. The zero-order valence-electron chi connectivity index (χ0n) is 12.3. The minimum absolute atomic E-state index is 0.302. The highest BCUT2D eigenvalue weighted by atomic mass is 35.5. The molecule has 0 bridgehead atoms. The molecule has 0 amide bonds. The quantitative estimate of drug-likeness (QED) is 0.516. The number of aromatic amines is 1. The maximum absolute atomic E-state index is 6.12. The minimum Gasteiger partial charge on any atom is -0.489 e. The molecule has 0 aliphatic rings. The van der Waals surface area contributed by atoms with Gasteiger partial charge in [-0.2, -0.15) is 14.9 Å². The van der Waals surface area contributed by atoms with Crippen LogP contribution in [0.4, 0.5) is 0 Å². The second-order valence-corrected chi connectivity index (χ2v) is 6.01. The van der Waals surface area contributed by atoms with Crippen LogP contribution in [0.1, 0.15) is 11.1 Å². The van der Waals surface area contributed by atoms with Crippen molar-refractivity contribution in [3.05, 3.63) is 74.7 Å². The molecule has 0 unspecified atom stereocenters. The predicted molar refractivity (Wildman–Crippen MR) is 97.6 cm³/mol. The van der Waals surface area contributed by atoms with Crippen molar-refractivity contribution in [3.8, 4) is 5.75 Å². The number of hydrogen-bond acceptors (Lipinski definition) is 4. The molecule has 8 heteroatoms. The number of hydrogen-bond donors (Lipinski definition) is 1. The van der Waals surface area contributed by atoms with E-state index in [0.29, 0.717) is 27.2 Å². The Hall–Kier alpha value is -2.15. The van der Waals surface area contributed by atoms with Crippen molar-refractivity contribution in [2.24, 2.45) is 5.10 Å². The molecular weight excluding hydrogens is 367 g/mol. The SMILES string of the molecule is S=c1[nH]ncn1/N=C/c1ccc(OCc2c(Cl)cccc2Cl)cc1. The molecule has 0 aliphatic carbocycles. The lowest BCUT2D eigenvalue weighted by atomic mass is 10.2. The number of H-pyrrole nitrogens is 1. The molecule has 0 aliphatic heterocycles. The van der Waals surface area contributed by atoms with Crippen molar-refractivity contribution in [2.45, 2.75) is 6.61 Å². The van der Waals surface area contributed by atoms with E-state index >= 15 is 0 Å². The van der Waals surface area contributed by atoms with E-state index < -0.39 is 0 Å². The predicted octanol–water partition coefficient (Wildman–Crippen LogP) is 4.71. The molecule has 0 saturated heterocycles. The van der Waals surface area contributed by atoms with Crippen molar-refractivity contribution in [1.82, 2.24) is 14.9 Å². The van der Waals surface area contributed by atoms with Gasteiger partial charge in [0.1, 0.15) is 18.7 Å². The normalized spacial score (nSPS) is 11.1. The Balaban J connectivity index is 1.66. The summed E-state index contributed by atoms with van der Waals surface area (Å²) >= 11 is 17.3. The van der Waals surface area contributed by atoms with Gasteiger partial charge in [0, 0.05) is 15.6 Å². The second kappa shape index (κ2) is 7.61. The van der Waals surface area contributed by atoms with Crippen LogP contribution in [-0.4, -0.2) is 21.1 Å². The molecule has 3 aromatic rings. The third-order valence-electron chi connectivity index (χ3n) is 3.19. The molecule has 1 heterocycles. The van der Waals surface area contributed by atoms with Crippen LogP contribution < -0.4 is 4.74 Å². The summed E-state index contributed by atoms with van der Waals surface area (Å²) in [7, 11) is 0.